The summed E-state index contributed by atoms with van der Waals surface area (Å²) in [5.41, 5.74) is 1.85. The third-order valence-electron chi connectivity index (χ3n) is 3.45. The fourth-order valence-electron chi connectivity index (χ4n) is 2.46. The van der Waals surface area contributed by atoms with E-state index in [9.17, 15) is 5.11 Å². The van der Waals surface area contributed by atoms with Crippen LogP contribution in [0.3, 0.4) is 0 Å². The van der Waals surface area contributed by atoms with Crippen molar-refractivity contribution in [3.05, 3.63) is 46.5 Å². The number of hydrogen-bond donors (Lipinski definition) is 1. The Balaban J connectivity index is 1.95. The first-order valence-electron chi connectivity index (χ1n) is 6.33. The molecule has 2 aromatic rings. The van der Waals surface area contributed by atoms with Crippen molar-refractivity contribution in [2.75, 3.05) is 0 Å². The number of imidazole rings is 1. The highest BCUT2D eigenvalue weighted by Crippen LogP contribution is 2.41. The van der Waals surface area contributed by atoms with Crippen LogP contribution in [0.4, 0.5) is 0 Å². The van der Waals surface area contributed by atoms with E-state index in [1.54, 1.807) is 6.33 Å². The number of fused-ring (bicyclic) bond motifs is 1. The molecule has 0 amide bonds. The number of aliphatic hydroxyl groups excluding tert-OH is 1. The fourth-order valence-corrected chi connectivity index (χ4v) is 2.84. The minimum atomic E-state index is -0.508. The van der Waals surface area contributed by atoms with Crippen LogP contribution in [0.2, 0.25) is 0 Å². The van der Waals surface area contributed by atoms with Gasteiger partial charge in [-0.05, 0) is 25.1 Å². The van der Waals surface area contributed by atoms with Crippen molar-refractivity contribution in [1.29, 1.82) is 0 Å². The Morgan fingerprint density at radius 1 is 1.53 bits per heavy atom. The average Bonchev–Trinajstić information content (AvgIpc) is 2.87. The number of ether oxygens (including phenoxy) is 1. The molecule has 2 unspecified atom stereocenters. The van der Waals surface area contributed by atoms with Gasteiger partial charge in [-0.15, -0.1) is 0 Å². The first-order valence-corrected chi connectivity index (χ1v) is 7.12. The van der Waals surface area contributed by atoms with Crippen LogP contribution in [-0.2, 0) is 6.54 Å². The third kappa shape index (κ3) is 2.28. The van der Waals surface area contributed by atoms with Gasteiger partial charge in [0.1, 0.15) is 11.9 Å². The summed E-state index contributed by atoms with van der Waals surface area (Å²) < 4.78 is 9.00. The van der Waals surface area contributed by atoms with E-state index in [1.165, 1.54) is 0 Å². The van der Waals surface area contributed by atoms with Gasteiger partial charge in [-0.2, -0.15) is 0 Å². The second kappa shape index (κ2) is 4.98. The molecule has 0 spiro atoms. The van der Waals surface area contributed by atoms with Crippen LogP contribution >= 0.6 is 15.9 Å². The van der Waals surface area contributed by atoms with Crippen molar-refractivity contribution in [2.24, 2.45) is 0 Å². The normalized spacial score (nSPS) is 21.8. The maximum Gasteiger partial charge on any atom is 0.143 e. The molecule has 0 fully saturated rings. The minimum Gasteiger partial charge on any atom is -0.484 e. The van der Waals surface area contributed by atoms with Crippen molar-refractivity contribution in [3.8, 4) is 5.75 Å². The minimum absolute atomic E-state index is 0.147. The smallest absolute Gasteiger partial charge is 0.143 e. The molecular weight excluding hydrogens is 308 g/mol. The highest BCUT2D eigenvalue weighted by Gasteiger charge is 2.29. The van der Waals surface area contributed by atoms with E-state index < -0.39 is 6.10 Å². The predicted molar refractivity (Wildman–Crippen MR) is 75.0 cm³/mol. The van der Waals surface area contributed by atoms with Gasteiger partial charge in [-0.25, -0.2) is 4.98 Å². The highest BCUT2D eigenvalue weighted by molar-refractivity contribution is 9.10. The lowest BCUT2D eigenvalue weighted by Crippen LogP contribution is -2.21. The Kier molecular flexibility index (Phi) is 3.33. The van der Waals surface area contributed by atoms with Crippen LogP contribution in [0.5, 0.6) is 5.75 Å². The van der Waals surface area contributed by atoms with Gasteiger partial charge in [0.25, 0.3) is 0 Å². The first kappa shape index (κ1) is 12.7. The molecular formula is C14H15BrN2O2. The van der Waals surface area contributed by atoms with Gasteiger partial charge in [0.15, 0.2) is 0 Å². The second-order valence-corrected chi connectivity index (χ2v) is 5.56. The summed E-state index contributed by atoms with van der Waals surface area (Å²) in [6, 6.07) is 5.72. The van der Waals surface area contributed by atoms with Gasteiger partial charge in [-0.3, -0.25) is 0 Å². The maximum atomic E-state index is 10.3. The molecule has 0 saturated carbocycles. The number of hydrogen-bond acceptors (Lipinski definition) is 3. The van der Waals surface area contributed by atoms with E-state index >= 15 is 0 Å². The zero-order valence-corrected chi connectivity index (χ0v) is 12.2. The van der Waals surface area contributed by atoms with Crippen molar-refractivity contribution >= 4 is 15.9 Å². The Bertz CT molecular complexity index is 597. The molecule has 5 heteroatoms. The van der Waals surface area contributed by atoms with Crippen LogP contribution in [0.25, 0.3) is 0 Å². The molecule has 0 saturated heterocycles. The second-order valence-electron chi connectivity index (χ2n) is 4.64. The Morgan fingerprint density at radius 3 is 3.16 bits per heavy atom. The summed E-state index contributed by atoms with van der Waals surface area (Å²) >= 11 is 3.41. The number of aryl methyl sites for hydroxylation is 1. The summed E-state index contributed by atoms with van der Waals surface area (Å²) in [5, 5.41) is 10.3. The summed E-state index contributed by atoms with van der Waals surface area (Å²) in [6.45, 7) is 2.91. The van der Waals surface area contributed by atoms with E-state index in [1.807, 2.05) is 29.0 Å². The van der Waals surface area contributed by atoms with Crippen LogP contribution in [0.15, 0.2) is 35.2 Å². The molecule has 1 aliphatic heterocycles. The van der Waals surface area contributed by atoms with Gasteiger partial charge in [-0.1, -0.05) is 15.9 Å². The van der Waals surface area contributed by atoms with E-state index in [2.05, 4.69) is 27.8 Å². The van der Waals surface area contributed by atoms with Crippen LogP contribution in [-0.4, -0.2) is 14.7 Å². The molecule has 100 valence electrons. The first-order chi connectivity index (χ1) is 9.19. The Hall–Kier alpha value is -1.33. The van der Waals surface area contributed by atoms with Crippen molar-refractivity contribution in [3.63, 3.8) is 0 Å². The van der Waals surface area contributed by atoms with E-state index in [0.29, 0.717) is 6.42 Å². The van der Waals surface area contributed by atoms with Gasteiger partial charge in [0.2, 0.25) is 0 Å². The molecule has 0 bridgehead atoms. The van der Waals surface area contributed by atoms with Gasteiger partial charge < -0.3 is 14.4 Å². The summed E-state index contributed by atoms with van der Waals surface area (Å²) in [4.78, 5) is 4.16. The van der Waals surface area contributed by atoms with Crippen molar-refractivity contribution in [2.45, 2.75) is 32.1 Å². The molecule has 19 heavy (non-hydrogen) atoms. The molecule has 0 aliphatic carbocycles. The molecule has 1 N–H and O–H groups in total. The number of rotatable bonds is 2. The fraction of sp³-hybridized carbons (Fsp3) is 0.357. The summed E-state index contributed by atoms with van der Waals surface area (Å²) in [6.07, 6.45) is 3.50. The van der Waals surface area contributed by atoms with Gasteiger partial charge >= 0.3 is 0 Å². The molecule has 1 aromatic heterocycles. The number of benzene rings is 1. The number of aromatic nitrogens is 2. The van der Waals surface area contributed by atoms with E-state index in [0.717, 1.165) is 28.0 Å². The molecule has 1 aliphatic rings. The monoisotopic (exact) mass is 322 g/mol. The number of aliphatic hydroxyl groups is 1. The summed E-state index contributed by atoms with van der Waals surface area (Å²) in [5.74, 6) is 0.746. The van der Waals surface area contributed by atoms with E-state index in [-0.39, 0.29) is 6.10 Å². The number of halogens is 1. The lowest BCUT2D eigenvalue weighted by atomic mass is 9.98. The lowest BCUT2D eigenvalue weighted by molar-refractivity contribution is 0.0619. The highest BCUT2D eigenvalue weighted by atomic mass is 79.9. The zero-order valence-electron chi connectivity index (χ0n) is 10.6. The SMILES string of the molecule is CCn1cncc1C1CC(O)c2cc(Br)ccc2O1. The van der Waals surface area contributed by atoms with Gasteiger partial charge in [0.05, 0.1) is 24.3 Å². The molecule has 2 atom stereocenters. The Morgan fingerprint density at radius 2 is 2.37 bits per heavy atom. The zero-order chi connectivity index (χ0) is 13.4. The molecule has 2 heterocycles. The predicted octanol–water partition coefficient (Wildman–Crippen LogP) is 3.22. The third-order valence-corrected chi connectivity index (χ3v) is 3.95. The molecule has 3 rings (SSSR count). The topological polar surface area (TPSA) is 47.3 Å². The standard InChI is InChI=1S/C14H15BrN2O2/c1-2-17-8-16-7-11(17)14-6-12(18)10-5-9(15)3-4-13(10)19-14/h3-5,7-8,12,14,18H,2,6H2,1H3. The Labute approximate surface area is 120 Å². The molecule has 0 radical (unpaired) electrons. The van der Waals surface area contributed by atoms with Crippen molar-refractivity contribution in [1.82, 2.24) is 9.55 Å². The van der Waals surface area contributed by atoms with E-state index in [4.69, 9.17) is 4.74 Å². The van der Waals surface area contributed by atoms with Crippen molar-refractivity contribution < 1.29 is 9.84 Å². The average molecular weight is 323 g/mol. The van der Waals surface area contributed by atoms with Crippen LogP contribution in [0, 0.1) is 0 Å². The summed E-state index contributed by atoms with van der Waals surface area (Å²) in [7, 11) is 0. The van der Waals surface area contributed by atoms with Gasteiger partial charge in [0, 0.05) is 23.0 Å². The lowest BCUT2D eigenvalue weighted by Gasteiger charge is -2.30. The maximum absolute atomic E-state index is 10.3. The van der Waals surface area contributed by atoms with Crippen LogP contribution in [0.1, 0.15) is 36.8 Å². The van der Waals surface area contributed by atoms with Crippen LogP contribution < -0.4 is 4.74 Å². The molecule has 4 nitrogen and oxygen atoms in total. The molecule has 1 aromatic carbocycles. The largest absolute Gasteiger partial charge is 0.484 e. The number of nitrogens with zero attached hydrogens (tertiary/aromatic N) is 2. The quantitative estimate of drug-likeness (QED) is 0.923.